The summed E-state index contributed by atoms with van der Waals surface area (Å²) in [6.07, 6.45) is 1.52. The van der Waals surface area contributed by atoms with E-state index in [4.69, 9.17) is 5.14 Å². The van der Waals surface area contributed by atoms with E-state index in [-0.39, 0.29) is 10.6 Å². The van der Waals surface area contributed by atoms with Crippen molar-refractivity contribution in [2.75, 3.05) is 0 Å². The summed E-state index contributed by atoms with van der Waals surface area (Å²) in [7, 11) is -3.77. The van der Waals surface area contributed by atoms with Crippen LogP contribution < -0.4 is 10.6 Å². The molecule has 0 spiro atoms. The minimum atomic E-state index is -3.77. The summed E-state index contributed by atoms with van der Waals surface area (Å²) in [6, 6.07) is 14.1. The van der Waals surface area contributed by atoms with Gasteiger partial charge in [0.05, 0.1) is 20.9 Å². The molecule has 10 nitrogen and oxygen atoms in total. The van der Waals surface area contributed by atoms with Gasteiger partial charge in [-0.1, -0.05) is 0 Å². The number of aryl methyl sites for hydroxylation is 1. The molecule has 1 amide bonds. The van der Waals surface area contributed by atoms with Crippen molar-refractivity contribution in [2.45, 2.75) is 18.7 Å². The SMILES string of the molecule is Cc1cc(/C=N\NC(=O)c2cc3cc([N+](=O)[O-])ccc3s2)c(C)n1-c1ccc(S(N)(=O)=O)cc1. The molecule has 0 fully saturated rings. The number of nitrogens with zero attached hydrogens (tertiary/aromatic N) is 3. The van der Waals surface area contributed by atoms with E-state index in [9.17, 15) is 23.3 Å². The zero-order chi connectivity index (χ0) is 24.6. The van der Waals surface area contributed by atoms with Gasteiger partial charge < -0.3 is 4.57 Å². The van der Waals surface area contributed by atoms with Crippen LogP contribution in [0.1, 0.15) is 26.6 Å². The highest BCUT2D eigenvalue weighted by Gasteiger charge is 2.14. The van der Waals surface area contributed by atoms with Gasteiger partial charge in [-0.3, -0.25) is 14.9 Å². The van der Waals surface area contributed by atoms with Crippen LogP contribution in [0, 0.1) is 24.0 Å². The predicted octanol–water partition coefficient (Wildman–Crippen LogP) is 3.63. The van der Waals surface area contributed by atoms with E-state index in [2.05, 4.69) is 10.5 Å². The number of nitrogens with one attached hydrogen (secondary N) is 1. The number of sulfonamides is 1. The number of non-ortho nitro benzene ring substituents is 1. The number of carbonyl (C=O) groups is 1. The molecular weight excluding hydrogens is 478 g/mol. The number of carbonyl (C=O) groups excluding carboxylic acids is 1. The number of primary sulfonamides is 1. The zero-order valence-corrected chi connectivity index (χ0v) is 19.7. The number of hydrazone groups is 1. The van der Waals surface area contributed by atoms with E-state index in [1.807, 2.05) is 24.5 Å². The minimum Gasteiger partial charge on any atom is -0.318 e. The van der Waals surface area contributed by atoms with Crippen molar-refractivity contribution in [3.8, 4) is 5.69 Å². The molecule has 4 aromatic rings. The Kier molecular flexibility index (Phi) is 6.04. The summed E-state index contributed by atoms with van der Waals surface area (Å²) in [5.41, 5.74) is 5.69. The van der Waals surface area contributed by atoms with Gasteiger partial charge in [0.15, 0.2) is 0 Å². The van der Waals surface area contributed by atoms with Gasteiger partial charge in [-0.25, -0.2) is 19.0 Å². The highest BCUT2D eigenvalue weighted by atomic mass is 32.2. The lowest BCUT2D eigenvalue weighted by Crippen LogP contribution is -2.16. The molecule has 3 N–H and O–H groups in total. The highest BCUT2D eigenvalue weighted by molar-refractivity contribution is 7.89. The van der Waals surface area contributed by atoms with E-state index in [1.165, 1.54) is 41.8 Å². The van der Waals surface area contributed by atoms with Gasteiger partial charge in [-0.05, 0) is 56.3 Å². The summed E-state index contributed by atoms with van der Waals surface area (Å²) in [5, 5.41) is 20.8. The molecule has 174 valence electrons. The van der Waals surface area contributed by atoms with Gasteiger partial charge in [0.2, 0.25) is 10.0 Å². The third-order valence-electron chi connectivity index (χ3n) is 5.20. The number of nitrogens with two attached hydrogens (primary N) is 1. The Balaban J connectivity index is 1.52. The molecule has 0 aliphatic rings. The number of nitro groups is 1. The van der Waals surface area contributed by atoms with Crippen LogP contribution in [0.5, 0.6) is 0 Å². The van der Waals surface area contributed by atoms with Gasteiger partial charge in [-0.15, -0.1) is 11.3 Å². The van der Waals surface area contributed by atoms with Crippen LogP contribution in [0.4, 0.5) is 5.69 Å². The Labute approximate surface area is 198 Å². The standard InChI is InChI=1S/C22H19N5O5S2/c1-13-9-16(14(2)26(13)17-3-6-19(7-4-17)34(23,31)32)12-24-25-22(28)21-11-15-10-18(27(29)30)5-8-20(15)33-21/h3-12H,1-2H3,(H,25,28)(H2,23,31,32)/b24-12-. The third-order valence-corrected chi connectivity index (χ3v) is 7.24. The summed E-state index contributed by atoms with van der Waals surface area (Å²) in [4.78, 5) is 23.4. The second-order valence-electron chi connectivity index (χ2n) is 7.49. The first-order valence-corrected chi connectivity index (χ1v) is 12.2. The summed E-state index contributed by atoms with van der Waals surface area (Å²) >= 11 is 1.22. The maximum absolute atomic E-state index is 12.5. The van der Waals surface area contributed by atoms with E-state index in [1.54, 1.807) is 24.3 Å². The fourth-order valence-corrected chi connectivity index (χ4v) is 5.02. The van der Waals surface area contributed by atoms with Crippen LogP contribution >= 0.6 is 11.3 Å². The van der Waals surface area contributed by atoms with Crippen LogP contribution in [-0.4, -0.2) is 30.0 Å². The fraction of sp³-hybridized carbons (Fsp3) is 0.0909. The average Bonchev–Trinajstić information content (AvgIpc) is 3.33. The van der Waals surface area contributed by atoms with Crippen molar-refractivity contribution < 1.29 is 18.1 Å². The molecule has 0 aliphatic heterocycles. The van der Waals surface area contributed by atoms with E-state index in [0.29, 0.717) is 10.3 Å². The van der Waals surface area contributed by atoms with E-state index >= 15 is 0 Å². The first kappa shape index (κ1) is 23.3. The van der Waals surface area contributed by atoms with Gasteiger partial charge in [0.1, 0.15) is 0 Å². The maximum Gasteiger partial charge on any atom is 0.281 e. The monoisotopic (exact) mass is 497 g/mol. The van der Waals surface area contributed by atoms with Crippen molar-refractivity contribution in [3.63, 3.8) is 0 Å². The molecule has 34 heavy (non-hydrogen) atoms. The fourth-order valence-electron chi connectivity index (χ4n) is 3.57. The van der Waals surface area contributed by atoms with Crippen LogP contribution in [0.2, 0.25) is 0 Å². The average molecular weight is 498 g/mol. The molecule has 4 rings (SSSR count). The number of hydrogen-bond donors (Lipinski definition) is 2. The van der Waals surface area contributed by atoms with E-state index < -0.39 is 20.9 Å². The molecule has 2 aromatic heterocycles. The van der Waals surface area contributed by atoms with Gasteiger partial charge >= 0.3 is 0 Å². The van der Waals surface area contributed by atoms with Crippen LogP contribution in [0.3, 0.4) is 0 Å². The Morgan fingerprint density at radius 3 is 2.50 bits per heavy atom. The number of thiophene rings is 1. The van der Waals surface area contributed by atoms with Gasteiger partial charge in [-0.2, -0.15) is 5.10 Å². The number of nitro benzene ring substituents is 1. The van der Waals surface area contributed by atoms with Crippen molar-refractivity contribution in [1.82, 2.24) is 9.99 Å². The third kappa shape index (κ3) is 4.59. The number of aromatic nitrogens is 1. The van der Waals surface area contributed by atoms with Crippen LogP contribution in [0.25, 0.3) is 15.8 Å². The molecule has 12 heteroatoms. The second kappa shape index (κ2) is 8.82. The minimum absolute atomic E-state index is 0.0269. The van der Waals surface area contributed by atoms with E-state index in [0.717, 1.165) is 27.3 Å². The first-order chi connectivity index (χ1) is 16.0. The Bertz CT molecular complexity index is 1570. The number of fused-ring (bicyclic) bond motifs is 1. The molecule has 0 saturated heterocycles. The van der Waals surface area contributed by atoms with Gasteiger partial charge in [0.25, 0.3) is 11.6 Å². The molecule has 2 heterocycles. The Morgan fingerprint density at radius 2 is 1.85 bits per heavy atom. The van der Waals surface area contributed by atoms with Crippen molar-refractivity contribution in [2.24, 2.45) is 10.2 Å². The highest BCUT2D eigenvalue weighted by Crippen LogP contribution is 2.29. The molecule has 0 saturated carbocycles. The lowest BCUT2D eigenvalue weighted by atomic mass is 10.2. The molecule has 2 aromatic carbocycles. The predicted molar refractivity (Wildman–Crippen MR) is 130 cm³/mol. The topological polar surface area (TPSA) is 150 Å². The summed E-state index contributed by atoms with van der Waals surface area (Å²) in [5.74, 6) is -0.424. The largest absolute Gasteiger partial charge is 0.318 e. The van der Waals surface area contributed by atoms with Crippen molar-refractivity contribution in [1.29, 1.82) is 0 Å². The van der Waals surface area contributed by atoms with Crippen molar-refractivity contribution in [3.05, 3.63) is 86.5 Å². The molecule has 0 aliphatic carbocycles. The van der Waals surface area contributed by atoms with Crippen molar-refractivity contribution >= 4 is 49.3 Å². The smallest absolute Gasteiger partial charge is 0.281 e. The van der Waals surface area contributed by atoms with Gasteiger partial charge in [0, 0.05) is 44.9 Å². The number of benzene rings is 2. The quantitative estimate of drug-likeness (QED) is 0.237. The lowest BCUT2D eigenvalue weighted by molar-refractivity contribution is -0.384. The zero-order valence-electron chi connectivity index (χ0n) is 18.1. The molecule has 0 atom stereocenters. The maximum atomic E-state index is 12.5. The number of hydrogen-bond acceptors (Lipinski definition) is 7. The van der Waals surface area contributed by atoms with Crippen LogP contribution in [-0.2, 0) is 10.0 Å². The Morgan fingerprint density at radius 1 is 1.15 bits per heavy atom. The number of rotatable bonds is 6. The Hall–Kier alpha value is -3.87. The summed E-state index contributed by atoms with van der Waals surface area (Å²) in [6.45, 7) is 3.77. The first-order valence-electron chi connectivity index (χ1n) is 9.88. The lowest BCUT2D eigenvalue weighted by Gasteiger charge is -2.10. The molecule has 0 radical (unpaired) electrons. The molecular formula is C22H19N5O5S2. The number of amides is 1. The second-order valence-corrected chi connectivity index (χ2v) is 10.1. The molecule has 0 unspecified atom stereocenters. The normalized spacial score (nSPS) is 11.9. The summed E-state index contributed by atoms with van der Waals surface area (Å²) < 4.78 is 25.6. The van der Waals surface area contributed by atoms with Crippen LogP contribution in [0.15, 0.2) is 64.6 Å². The molecule has 0 bridgehead atoms.